The van der Waals surface area contributed by atoms with Crippen LogP contribution >= 0.6 is 11.8 Å². The van der Waals surface area contributed by atoms with Crippen molar-refractivity contribution in [2.45, 2.75) is 24.5 Å². The number of benzene rings is 1. The Balaban J connectivity index is 1.55. The number of hydrogen-bond donors (Lipinski definition) is 2. The third kappa shape index (κ3) is 3.18. The summed E-state index contributed by atoms with van der Waals surface area (Å²) in [5.74, 6) is 1.97. The minimum absolute atomic E-state index is 0.0124. The number of amides is 1. The summed E-state index contributed by atoms with van der Waals surface area (Å²) in [4.78, 5) is 12.4. The number of rotatable bonds is 4. The van der Waals surface area contributed by atoms with Gasteiger partial charge >= 0.3 is 0 Å². The van der Waals surface area contributed by atoms with Gasteiger partial charge in [0, 0.05) is 6.54 Å². The summed E-state index contributed by atoms with van der Waals surface area (Å²) < 4.78 is 0. The number of fused-ring (bicyclic) bond motifs is 1. The Hall–Kier alpha value is -1.00. The SMILES string of the molecule is O=C(NCCC1CCNC1)C1SCCc2ccccc21. The van der Waals surface area contributed by atoms with E-state index in [9.17, 15) is 4.79 Å². The first-order valence-electron chi connectivity index (χ1n) is 7.52. The van der Waals surface area contributed by atoms with E-state index in [0.717, 1.165) is 44.1 Å². The molecule has 3 nitrogen and oxygen atoms in total. The van der Waals surface area contributed by atoms with E-state index in [-0.39, 0.29) is 11.2 Å². The zero-order valence-corrected chi connectivity index (χ0v) is 12.5. The second-order valence-corrected chi connectivity index (χ2v) is 6.85. The molecule has 2 heterocycles. The van der Waals surface area contributed by atoms with Crippen LogP contribution in [0.2, 0.25) is 0 Å². The number of hydrogen-bond acceptors (Lipinski definition) is 3. The normalized spacial score (nSPS) is 25.2. The summed E-state index contributed by atoms with van der Waals surface area (Å²) in [6.45, 7) is 3.05. The lowest BCUT2D eigenvalue weighted by molar-refractivity contribution is -0.120. The molecule has 1 amide bonds. The molecule has 0 spiro atoms. The molecule has 2 aliphatic heterocycles. The van der Waals surface area contributed by atoms with Crippen molar-refractivity contribution in [3.63, 3.8) is 0 Å². The molecule has 3 rings (SSSR count). The second kappa shape index (κ2) is 6.64. The summed E-state index contributed by atoms with van der Waals surface area (Å²) >= 11 is 1.77. The Bertz CT molecular complexity index is 471. The molecule has 20 heavy (non-hydrogen) atoms. The van der Waals surface area contributed by atoms with Crippen LogP contribution in [0.15, 0.2) is 24.3 Å². The first-order valence-corrected chi connectivity index (χ1v) is 8.57. The van der Waals surface area contributed by atoms with Crippen molar-refractivity contribution in [2.24, 2.45) is 5.92 Å². The largest absolute Gasteiger partial charge is 0.355 e. The molecular formula is C16H22N2OS. The van der Waals surface area contributed by atoms with Gasteiger partial charge in [-0.1, -0.05) is 24.3 Å². The quantitative estimate of drug-likeness (QED) is 0.892. The van der Waals surface area contributed by atoms with Crippen LogP contribution in [0.25, 0.3) is 0 Å². The maximum atomic E-state index is 12.4. The number of aryl methyl sites for hydroxylation is 1. The molecule has 0 bridgehead atoms. The van der Waals surface area contributed by atoms with Gasteiger partial charge in [0.25, 0.3) is 0 Å². The van der Waals surface area contributed by atoms with Crippen molar-refractivity contribution in [3.8, 4) is 0 Å². The Morgan fingerprint density at radius 3 is 3.15 bits per heavy atom. The highest BCUT2D eigenvalue weighted by atomic mass is 32.2. The molecule has 0 aliphatic carbocycles. The van der Waals surface area contributed by atoms with E-state index in [2.05, 4.69) is 28.8 Å². The summed E-state index contributed by atoms with van der Waals surface area (Å²) in [6, 6.07) is 8.36. The number of carbonyl (C=O) groups is 1. The van der Waals surface area contributed by atoms with Crippen molar-refractivity contribution >= 4 is 17.7 Å². The van der Waals surface area contributed by atoms with Crippen molar-refractivity contribution in [2.75, 3.05) is 25.4 Å². The lowest BCUT2D eigenvalue weighted by Gasteiger charge is -2.24. The molecule has 2 atom stereocenters. The maximum Gasteiger partial charge on any atom is 0.237 e. The molecule has 0 aromatic heterocycles. The molecule has 1 fully saturated rings. The molecule has 1 aromatic carbocycles. The monoisotopic (exact) mass is 290 g/mol. The Morgan fingerprint density at radius 2 is 2.30 bits per heavy atom. The van der Waals surface area contributed by atoms with Crippen LogP contribution in [0.1, 0.15) is 29.2 Å². The Morgan fingerprint density at radius 1 is 1.40 bits per heavy atom. The fourth-order valence-corrected chi connectivity index (χ4v) is 4.28. The topological polar surface area (TPSA) is 41.1 Å². The fraction of sp³-hybridized carbons (Fsp3) is 0.562. The molecular weight excluding hydrogens is 268 g/mol. The van der Waals surface area contributed by atoms with Gasteiger partial charge in [0.1, 0.15) is 5.25 Å². The predicted octanol–water partition coefficient (Wildman–Crippen LogP) is 2.13. The van der Waals surface area contributed by atoms with Crippen LogP contribution in [-0.4, -0.2) is 31.3 Å². The fourth-order valence-electron chi connectivity index (χ4n) is 3.06. The van der Waals surface area contributed by atoms with Crippen LogP contribution in [0, 0.1) is 5.92 Å². The highest BCUT2D eigenvalue weighted by Crippen LogP contribution is 2.36. The first-order chi connectivity index (χ1) is 9.84. The average molecular weight is 290 g/mol. The van der Waals surface area contributed by atoms with Gasteiger partial charge in [-0.3, -0.25) is 4.79 Å². The second-order valence-electron chi connectivity index (χ2n) is 5.64. The smallest absolute Gasteiger partial charge is 0.237 e. The Kier molecular flexibility index (Phi) is 4.63. The molecule has 1 aromatic rings. The standard InChI is InChI=1S/C16H22N2OS/c19-16(18-9-6-12-5-8-17-11-12)15-14-4-2-1-3-13(14)7-10-20-15/h1-4,12,15,17H,5-11H2,(H,18,19). The van der Waals surface area contributed by atoms with Gasteiger partial charge in [0.05, 0.1) is 0 Å². The highest BCUT2D eigenvalue weighted by Gasteiger charge is 2.26. The van der Waals surface area contributed by atoms with E-state index in [4.69, 9.17) is 0 Å². The van der Waals surface area contributed by atoms with E-state index >= 15 is 0 Å². The molecule has 0 saturated carbocycles. The molecule has 4 heteroatoms. The van der Waals surface area contributed by atoms with Crippen LogP contribution in [0.5, 0.6) is 0 Å². The van der Waals surface area contributed by atoms with E-state index in [1.165, 1.54) is 17.5 Å². The van der Waals surface area contributed by atoms with Crippen molar-refractivity contribution in [3.05, 3.63) is 35.4 Å². The molecule has 2 aliphatic rings. The van der Waals surface area contributed by atoms with E-state index in [0.29, 0.717) is 0 Å². The van der Waals surface area contributed by atoms with Crippen LogP contribution in [-0.2, 0) is 11.2 Å². The lowest BCUT2D eigenvalue weighted by Crippen LogP contribution is -2.31. The summed E-state index contributed by atoms with van der Waals surface area (Å²) in [7, 11) is 0. The third-order valence-electron chi connectivity index (χ3n) is 4.25. The molecule has 1 saturated heterocycles. The van der Waals surface area contributed by atoms with Gasteiger partial charge in [0.2, 0.25) is 5.91 Å². The summed E-state index contributed by atoms with van der Waals surface area (Å²) in [6.07, 6.45) is 3.42. The van der Waals surface area contributed by atoms with Crippen LogP contribution in [0.3, 0.4) is 0 Å². The van der Waals surface area contributed by atoms with E-state index < -0.39 is 0 Å². The molecule has 2 N–H and O–H groups in total. The summed E-state index contributed by atoms with van der Waals surface area (Å²) in [5.41, 5.74) is 2.55. The average Bonchev–Trinajstić information content (AvgIpc) is 3.00. The van der Waals surface area contributed by atoms with Crippen LogP contribution < -0.4 is 10.6 Å². The zero-order chi connectivity index (χ0) is 13.8. The van der Waals surface area contributed by atoms with Gasteiger partial charge in [-0.25, -0.2) is 0 Å². The van der Waals surface area contributed by atoms with Gasteiger partial charge < -0.3 is 10.6 Å². The van der Waals surface area contributed by atoms with Gasteiger partial charge in [-0.2, -0.15) is 0 Å². The summed E-state index contributed by atoms with van der Waals surface area (Å²) in [5, 5.41) is 6.49. The van der Waals surface area contributed by atoms with E-state index in [1.54, 1.807) is 11.8 Å². The highest BCUT2D eigenvalue weighted by molar-refractivity contribution is 8.00. The number of carbonyl (C=O) groups excluding carboxylic acids is 1. The van der Waals surface area contributed by atoms with Gasteiger partial charge in [-0.05, 0) is 55.1 Å². The van der Waals surface area contributed by atoms with Crippen molar-refractivity contribution in [1.82, 2.24) is 10.6 Å². The van der Waals surface area contributed by atoms with Gasteiger partial charge in [0.15, 0.2) is 0 Å². The van der Waals surface area contributed by atoms with Crippen molar-refractivity contribution < 1.29 is 4.79 Å². The Labute approximate surface area is 124 Å². The maximum absolute atomic E-state index is 12.4. The third-order valence-corrected chi connectivity index (χ3v) is 5.49. The number of nitrogens with one attached hydrogen (secondary N) is 2. The van der Waals surface area contributed by atoms with E-state index in [1.807, 2.05) is 6.07 Å². The first kappa shape index (κ1) is 14.0. The molecule has 0 radical (unpaired) electrons. The zero-order valence-electron chi connectivity index (χ0n) is 11.7. The molecule has 108 valence electrons. The number of thioether (sulfide) groups is 1. The van der Waals surface area contributed by atoms with Gasteiger partial charge in [-0.15, -0.1) is 11.8 Å². The van der Waals surface area contributed by atoms with Crippen LogP contribution in [0.4, 0.5) is 0 Å². The lowest BCUT2D eigenvalue weighted by atomic mass is 10.0. The van der Waals surface area contributed by atoms with Crippen molar-refractivity contribution in [1.29, 1.82) is 0 Å². The minimum Gasteiger partial charge on any atom is -0.355 e. The molecule has 2 unspecified atom stereocenters. The predicted molar refractivity (Wildman–Crippen MR) is 83.9 cm³/mol. The minimum atomic E-state index is -0.0124.